The molecule has 1 aromatic rings. The lowest BCUT2D eigenvalue weighted by atomic mass is 9.86. The highest BCUT2D eigenvalue weighted by molar-refractivity contribution is 5.75. The Balaban J connectivity index is 1.77. The summed E-state index contributed by atoms with van der Waals surface area (Å²) in [5, 5.41) is 10.9. The molecule has 0 spiro atoms. The van der Waals surface area contributed by atoms with Crippen LogP contribution in [-0.2, 0) is 0 Å². The van der Waals surface area contributed by atoms with E-state index in [9.17, 15) is 9.90 Å². The summed E-state index contributed by atoms with van der Waals surface area (Å²) in [5.41, 5.74) is -0.209. The summed E-state index contributed by atoms with van der Waals surface area (Å²) in [6, 6.07) is 7.69. The van der Waals surface area contributed by atoms with Gasteiger partial charge < -0.3 is 19.6 Å². The van der Waals surface area contributed by atoms with E-state index < -0.39 is 5.60 Å². The van der Waals surface area contributed by atoms with Crippen molar-refractivity contribution in [2.24, 2.45) is 0 Å². The van der Waals surface area contributed by atoms with Gasteiger partial charge in [-0.2, -0.15) is 0 Å². The molecule has 0 saturated carbocycles. The van der Waals surface area contributed by atoms with E-state index in [4.69, 9.17) is 4.74 Å². The van der Waals surface area contributed by atoms with Crippen LogP contribution in [0, 0.1) is 11.8 Å². The molecule has 0 aliphatic carbocycles. The van der Waals surface area contributed by atoms with Crippen molar-refractivity contribution < 1.29 is 14.6 Å². The van der Waals surface area contributed by atoms with Gasteiger partial charge in [-0.1, -0.05) is 17.9 Å². The fourth-order valence-electron chi connectivity index (χ4n) is 3.76. The number of hydrogen-bond donors (Lipinski definition) is 1. The number of nitrogens with zero attached hydrogens (tertiary/aromatic N) is 2. The molecule has 2 aliphatic rings. The Labute approximate surface area is 143 Å². The Kier molecular flexibility index (Phi) is 4.42. The Morgan fingerprint density at radius 2 is 2.00 bits per heavy atom. The molecule has 5 nitrogen and oxygen atoms in total. The zero-order valence-corrected chi connectivity index (χ0v) is 14.5. The third-order valence-electron chi connectivity index (χ3n) is 4.88. The van der Waals surface area contributed by atoms with E-state index >= 15 is 0 Å². The number of aliphatic hydroxyl groups is 1. The first-order chi connectivity index (χ1) is 11.4. The highest BCUT2D eigenvalue weighted by atomic mass is 16.5. The van der Waals surface area contributed by atoms with Gasteiger partial charge in [0.05, 0.1) is 7.11 Å². The summed E-state index contributed by atoms with van der Waals surface area (Å²) in [4.78, 5) is 15.9. The lowest BCUT2D eigenvalue weighted by Crippen LogP contribution is -2.55. The van der Waals surface area contributed by atoms with Gasteiger partial charge in [-0.15, -0.1) is 0 Å². The van der Waals surface area contributed by atoms with Crippen molar-refractivity contribution in [3.8, 4) is 17.6 Å². The second-order valence-corrected chi connectivity index (χ2v) is 6.89. The van der Waals surface area contributed by atoms with Crippen LogP contribution in [0.25, 0.3) is 0 Å². The summed E-state index contributed by atoms with van der Waals surface area (Å²) in [5.74, 6) is 6.88. The molecule has 5 heteroatoms. The van der Waals surface area contributed by atoms with Gasteiger partial charge in [-0.05, 0) is 31.0 Å². The maximum atomic E-state index is 12.3. The first-order valence-corrected chi connectivity index (χ1v) is 8.31. The van der Waals surface area contributed by atoms with Gasteiger partial charge in [0.25, 0.3) is 0 Å². The van der Waals surface area contributed by atoms with Gasteiger partial charge in [0, 0.05) is 44.6 Å². The largest absolute Gasteiger partial charge is 0.497 e. The van der Waals surface area contributed by atoms with E-state index in [1.165, 1.54) is 0 Å². The minimum absolute atomic E-state index is 0.0327. The van der Waals surface area contributed by atoms with Gasteiger partial charge in [0.2, 0.25) is 0 Å². The number of methoxy groups -OCH3 is 1. The topological polar surface area (TPSA) is 53.0 Å². The first-order valence-electron chi connectivity index (χ1n) is 8.31. The van der Waals surface area contributed by atoms with Crippen molar-refractivity contribution in [1.82, 2.24) is 9.80 Å². The maximum absolute atomic E-state index is 12.3. The highest BCUT2D eigenvalue weighted by Gasteiger charge is 2.49. The third-order valence-corrected chi connectivity index (χ3v) is 4.88. The minimum atomic E-state index is -1.03. The summed E-state index contributed by atoms with van der Waals surface area (Å²) in [6.07, 6.45) is 2.90. The summed E-state index contributed by atoms with van der Waals surface area (Å²) < 4.78 is 5.20. The van der Waals surface area contributed by atoms with E-state index in [0.717, 1.165) is 24.2 Å². The normalized spacial score (nSPS) is 28.1. The Hall–Kier alpha value is -2.19. The summed E-state index contributed by atoms with van der Waals surface area (Å²) in [7, 11) is 5.16. The van der Waals surface area contributed by atoms with Crippen molar-refractivity contribution in [2.45, 2.75) is 43.4 Å². The molecule has 0 radical (unpaired) electrons. The number of carbonyl (C=O) groups excluding carboxylic acids is 1. The number of hydrogen-bond acceptors (Lipinski definition) is 3. The molecule has 128 valence electrons. The number of urea groups is 1. The fourth-order valence-corrected chi connectivity index (χ4v) is 3.76. The van der Waals surface area contributed by atoms with Crippen LogP contribution in [0.2, 0.25) is 0 Å². The SMILES string of the molecule is COc1cccc(C#CC2(O)CC3CCC(C2)N3C(=O)N(C)C)c1. The first kappa shape index (κ1) is 16.7. The van der Waals surface area contributed by atoms with E-state index in [0.29, 0.717) is 12.8 Å². The number of amides is 2. The van der Waals surface area contributed by atoms with Crippen LogP contribution in [0.15, 0.2) is 24.3 Å². The minimum Gasteiger partial charge on any atom is -0.497 e. The summed E-state index contributed by atoms with van der Waals surface area (Å²) >= 11 is 0. The predicted octanol–water partition coefficient (Wildman–Crippen LogP) is 2.09. The van der Waals surface area contributed by atoms with Crippen LogP contribution in [-0.4, -0.2) is 59.8 Å². The molecule has 2 fully saturated rings. The lowest BCUT2D eigenvalue weighted by Gasteiger charge is -2.42. The lowest BCUT2D eigenvalue weighted by molar-refractivity contribution is 0.00128. The molecule has 2 saturated heterocycles. The average molecular weight is 328 g/mol. The van der Waals surface area contributed by atoms with Gasteiger partial charge in [0.1, 0.15) is 11.4 Å². The second kappa shape index (κ2) is 6.37. The molecule has 0 aromatic heterocycles. The van der Waals surface area contributed by atoms with Crippen LogP contribution >= 0.6 is 0 Å². The van der Waals surface area contributed by atoms with Crippen molar-refractivity contribution >= 4 is 6.03 Å². The quantitative estimate of drug-likeness (QED) is 0.803. The van der Waals surface area contributed by atoms with Crippen LogP contribution in [0.5, 0.6) is 5.75 Å². The second-order valence-electron chi connectivity index (χ2n) is 6.89. The van der Waals surface area contributed by atoms with E-state index in [2.05, 4.69) is 11.8 Å². The molecular weight excluding hydrogens is 304 g/mol. The predicted molar refractivity (Wildman–Crippen MR) is 91.8 cm³/mol. The van der Waals surface area contributed by atoms with Crippen LogP contribution in [0.3, 0.4) is 0 Å². The molecule has 2 unspecified atom stereocenters. The Morgan fingerprint density at radius 3 is 2.58 bits per heavy atom. The number of ether oxygens (including phenoxy) is 1. The van der Waals surface area contributed by atoms with Crippen LogP contribution in [0.1, 0.15) is 31.2 Å². The molecule has 2 bridgehead atoms. The monoisotopic (exact) mass is 328 g/mol. The fraction of sp³-hybridized carbons (Fsp3) is 0.526. The third kappa shape index (κ3) is 3.20. The summed E-state index contributed by atoms with van der Waals surface area (Å²) in [6.45, 7) is 0. The van der Waals surface area contributed by atoms with Crippen LogP contribution < -0.4 is 4.74 Å². The van der Waals surface area contributed by atoms with Crippen molar-refractivity contribution in [3.63, 3.8) is 0 Å². The van der Waals surface area contributed by atoms with Gasteiger partial charge >= 0.3 is 6.03 Å². The van der Waals surface area contributed by atoms with Crippen molar-refractivity contribution in [2.75, 3.05) is 21.2 Å². The molecule has 2 amide bonds. The van der Waals surface area contributed by atoms with Crippen molar-refractivity contribution in [3.05, 3.63) is 29.8 Å². The van der Waals surface area contributed by atoms with Crippen LogP contribution in [0.4, 0.5) is 4.79 Å². The van der Waals surface area contributed by atoms with Gasteiger partial charge in [-0.3, -0.25) is 0 Å². The number of fused-ring (bicyclic) bond motifs is 2. The van der Waals surface area contributed by atoms with E-state index in [1.807, 2.05) is 29.2 Å². The molecule has 1 N–H and O–H groups in total. The number of piperidine rings is 1. The zero-order valence-electron chi connectivity index (χ0n) is 14.5. The van der Waals surface area contributed by atoms with Gasteiger partial charge in [-0.25, -0.2) is 4.79 Å². The molecule has 2 atom stereocenters. The van der Waals surface area contributed by atoms with Gasteiger partial charge in [0.15, 0.2) is 0 Å². The molecular formula is C19H24N2O3. The van der Waals surface area contributed by atoms with E-state index in [-0.39, 0.29) is 18.1 Å². The highest BCUT2D eigenvalue weighted by Crippen LogP contribution is 2.41. The number of rotatable bonds is 1. The smallest absolute Gasteiger partial charge is 0.319 e. The average Bonchev–Trinajstić information content (AvgIpc) is 2.85. The number of benzene rings is 1. The molecule has 1 aromatic carbocycles. The Bertz CT molecular complexity index is 675. The van der Waals surface area contributed by atoms with E-state index in [1.54, 1.807) is 26.1 Å². The Morgan fingerprint density at radius 1 is 1.33 bits per heavy atom. The standard InChI is InChI=1S/C19H24N2O3/c1-20(2)18(22)21-15-7-8-16(21)13-19(23,12-15)10-9-14-5-4-6-17(11-14)24-3/h4-6,11,15-16,23H,7-8,12-13H2,1-3H3. The number of carbonyl (C=O) groups is 1. The van der Waals surface area contributed by atoms with Crippen molar-refractivity contribution in [1.29, 1.82) is 0 Å². The molecule has 2 heterocycles. The maximum Gasteiger partial charge on any atom is 0.319 e. The molecule has 2 aliphatic heterocycles. The molecule has 3 rings (SSSR count). The zero-order chi connectivity index (χ0) is 17.3. The molecule has 24 heavy (non-hydrogen) atoms.